The highest BCUT2D eigenvalue weighted by molar-refractivity contribution is 5.99. The Morgan fingerprint density at radius 2 is 1.85 bits per heavy atom. The molecule has 20 heavy (non-hydrogen) atoms. The lowest BCUT2D eigenvalue weighted by atomic mass is 10.1. The van der Waals surface area contributed by atoms with E-state index in [4.69, 9.17) is 10.5 Å². The maximum atomic E-state index is 12.0. The van der Waals surface area contributed by atoms with Crippen molar-refractivity contribution in [3.05, 3.63) is 59.7 Å². The summed E-state index contributed by atoms with van der Waals surface area (Å²) in [5.74, 6) is 0.501. The maximum absolute atomic E-state index is 12.0. The maximum Gasteiger partial charge on any atom is 0.255 e. The second-order valence-electron chi connectivity index (χ2n) is 4.72. The number of nitrogens with two attached hydrogens (primary N) is 1. The fourth-order valence-electron chi connectivity index (χ4n) is 1.79. The van der Waals surface area contributed by atoms with Crippen LogP contribution in [0.1, 0.15) is 15.9 Å². The second-order valence-corrected chi connectivity index (χ2v) is 4.72. The molecule has 0 unspecified atom stereocenters. The Hall–Kier alpha value is -2.49. The Bertz CT molecular complexity index is 595. The minimum Gasteiger partial charge on any atom is -0.489 e. The summed E-state index contributed by atoms with van der Waals surface area (Å²) in [6.07, 6.45) is 0. The lowest BCUT2D eigenvalue weighted by Gasteiger charge is -2.14. The number of carbonyl (C=O) groups excluding carboxylic acids is 1. The molecule has 0 aromatic heterocycles. The molecule has 0 heterocycles. The fraction of sp³-hybridized carbons (Fsp3) is 0.188. The molecule has 4 nitrogen and oxygen atoms in total. The highest BCUT2D eigenvalue weighted by atomic mass is 16.5. The van der Waals surface area contributed by atoms with Crippen LogP contribution in [0.4, 0.5) is 5.69 Å². The Balaban J connectivity index is 2.13. The number of nitrogens with zero attached hydrogens (tertiary/aromatic N) is 1. The third-order valence-electron chi connectivity index (χ3n) is 2.91. The second kappa shape index (κ2) is 6.10. The molecule has 2 rings (SSSR count). The topological polar surface area (TPSA) is 55.6 Å². The van der Waals surface area contributed by atoms with Crippen molar-refractivity contribution in [2.24, 2.45) is 0 Å². The third kappa shape index (κ3) is 3.29. The number of anilines is 1. The van der Waals surface area contributed by atoms with Gasteiger partial charge < -0.3 is 15.4 Å². The van der Waals surface area contributed by atoms with Crippen molar-refractivity contribution >= 4 is 11.6 Å². The van der Waals surface area contributed by atoms with Crippen LogP contribution in [-0.4, -0.2) is 24.9 Å². The van der Waals surface area contributed by atoms with E-state index in [0.717, 1.165) is 5.56 Å². The first-order valence-corrected chi connectivity index (χ1v) is 6.36. The molecule has 2 aromatic rings. The van der Waals surface area contributed by atoms with Crippen LogP contribution in [0.25, 0.3) is 0 Å². The Morgan fingerprint density at radius 1 is 1.15 bits per heavy atom. The van der Waals surface area contributed by atoms with Gasteiger partial charge >= 0.3 is 0 Å². The van der Waals surface area contributed by atoms with Gasteiger partial charge in [0.1, 0.15) is 12.4 Å². The van der Waals surface area contributed by atoms with Gasteiger partial charge in [0.05, 0.1) is 5.56 Å². The molecule has 0 spiro atoms. The molecule has 0 radical (unpaired) electrons. The molecule has 0 aliphatic heterocycles. The first-order valence-electron chi connectivity index (χ1n) is 6.36. The van der Waals surface area contributed by atoms with Gasteiger partial charge in [-0.3, -0.25) is 4.79 Å². The predicted molar refractivity (Wildman–Crippen MR) is 79.6 cm³/mol. The number of carbonyl (C=O) groups is 1. The van der Waals surface area contributed by atoms with E-state index in [1.165, 1.54) is 4.90 Å². The summed E-state index contributed by atoms with van der Waals surface area (Å²) in [6, 6.07) is 15.0. The van der Waals surface area contributed by atoms with Crippen LogP contribution >= 0.6 is 0 Å². The monoisotopic (exact) mass is 270 g/mol. The van der Waals surface area contributed by atoms with Gasteiger partial charge in [-0.25, -0.2) is 0 Å². The summed E-state index contributed by atoms with van der Waals surface area (Å²) in [5.41, 5.74) is 7.82. The SMILES string of the molecule is CN(C)C(=O)c1cc(OCc2ccccc2)ccc1N. The Kier molecular flexibility index (Phi) is 4.25. The molecule has 0 bridgehead atoms. The number of amides is 1. The summed E-state index contributed by atoms with van der Waals surface area (Å²) in [7, 11) is 3.39. The van der Waals surface area contributed by atoms with Crippen molar-refractivity contribution < 1.29 is 9.53 Å². The molecule has 0 fully saturated rings. The van der Waals surface area contributed by atoms with Crippen molar-refractivity contribution in [2.45, 2.75) is 6.61 Å². The molecule has 4 heteroatoms. The lowest BCUT2D eigenvalue weighted by molar-refractivity contribution is 0.0828. The number of ether oxygens (including phenoxy) is 1. The first kappa shape index (κ1) is 13.9. The van der Waals surface area contributed by atoms with Crippen molar-refractivity contribution in [1.82, 2.24) is 4.90 Å². The van der Waals surface area contributed by atoms with Crippen LogP contribution in [0.15, 0.2) is 48.5 Å². The van der Waals surface area contributed by atoms with Crippen LogP contribution in [0.3, 0.4) is 0 Å². The third-order valence-corrected chi connectivity index (χ3v) is 2.91. The van der Waals surface area contributed by atoms with E-state index in [-0.39, 0.29) is 5.91 Å². The zero-order valence-electron chi connectivity index (χ0n) is 11.7. The van der Waals surface area contributed by atoms with E-state index in [9.17, 15) is 4.79 Å². The average molecular weight is 270 g/mol. The van der Waals surface area contributed by atoms with E-state index in [1.54, 1.807) is 32.3 Å². The zero-order chi connectivity index (χ0) is 14.5. The van der Waals surface area contributed by atoms with Gasteiger partial charge in [-0.15, -0.1) is 0 Å². The van der Waals surface area contributed by atoms with E-state index >= 15 is 0 Å². The molecule has 0 saturated heterocycles. The first-order chi connectivity index (χ1) is 9.58. The summed E-state index contributed by atoms with van der Waals surface area (Å²) in [6.45, 7) is 0.459. The molecule has 0 saturated carbocycles. The summed E-state index contributed by atoms with van der Waals surface area (Å²) in [4.78, 5) is 13.5. The molecule has 0 atom stereocenters. The highest BCUT2D eigenvalue weighted by Gasteiger charge is 2.12. The smallest absolute Gasteiger partial charge is 0.255 e. The number of nitrogen functional groups attached to an aromatic ring is 1. The minimum atomic E-state index is -0.132. The normalized spacial score (nSPS) is 10.1. The zero-order valence-corrected chi connectivity index (χ0v) is 11.7. The van der Waals surface area contributed by atoms with Crippen LogP contribution in [-0.2, 0) is 6.61 Å². The summed E-state index contributed by atoms with van der Waals surface area (Å²) >= 11 is 0. The molecule has 2 aromatic carbocycles. The molecular formula is C16H18N2O2. The van der Waals surface area contributed by atoms with Gasteiger partial charge in [0, 0.05) is 19.8 Å². The minimum absolute atomic E-state index is 0.132. The Morgan fingerprint density at radius 3 is 2.50 bits per heavy atom. The molecule has 104 valence electrons. The number of benzene rings is 2. The van der Waals surface area contributed by atoms with Crippen molar-refractivity contribution in [2.75, 3.05) is 19.8 Å². The summed E-state index contributed by atoms with van der Waals surface area (Å²) in [5, 5.41) is 0. The van der Waals surface area contributed by atoms with Crippen LogP contribution < -0.4 is 10.5 Å². The largest absolute Gasteiger partial charge is 0.489 e. The van der Waals surface area contributed by atoms with Gasteiger partial charge in [0.15, 0.2) is 0 Å². The van der Waals surface area contributed by atoms with E-state index in [0.29, 0.717) is 23.6 Å². The van der Waals surface area contributed by atoms with Gasteiger partial charge in [-0.1, -0.05) is 30.3 Å². The van der Waals surface area contributed by atoms with Crippen LogP contribution in [0.5, 0.6) is 5.75 Å². The molecule has 2 N–H and O–H groups in total. The van der Waals surface area contributed by atoms with Crippen molar-refractivity contribution in [3.8, 4) is 5.75 Å². The number of hydrogen-bond acceptors (Lipinski definition) is 3. The van der Waals surface area contributed by atoms with E-state index in [1.807, 2.05) is 30.3 Å². The average Bonchev–Trinajstić information content (AvgIpc) is 2.46. The number of hydrogen-bond donors (Lipinski definition) is 1. The standard InChI is InChI=1S/C16H18N2O2/c1-18(2)16(19)14-10-13(8-9-15(14)17)20-11-12-6-4-3-5-7-12/h3-10H,11,17H2,1-2H3. The quantitative estimate of drug-likeness (QED) is 0.869. The van der Waals surface area contributed by atoms with E-state index < -0.39 is 0 Å². The van der Waals surface area contributed by atoms with Crippen LogP contribution in [0, 0.1) is 0 Å². The molecule has 1 amide bonds. The lowest BCUT2D eigenvalue weighted by Crippen LogP contribution is -2.22. The number of rotatable bonds is 4. The summed E-state index contributed by atoms with van der Waals surface area (Å²) < 4.78 is 5.69. The van der Waals surface area contributed by atoms with Gasteiger partial charge in [0.25, 0.3) is 5.91 Å². The van der Waals surface area contributed by atoms with Crippen molar-refractivity contribution in [3.63, 3.8) is 0 Å². The Labute approximate surface area is 118 Å². The van der Waals surface area contributed by atoms with Crippen LogP contribution in [0.2, 0.25) is 0 Å². The molecule has 0 aliphatic carbocycles. The van der Waals surface area contributed by atoms with Gasteiger partial charge in [0.2, 0.25) is 0 Å². The van der Waals surface area contributed by atoms with Gasteiger partial charge in [-0.05, 0) is 23.8 Å². The predicted octanol–water partition coefficient (Wildman–Crippen LogP) is 2.55. The van der Waals surface area contributed by atoms with E-state index in [2.05, 4.69) is 0 Å². The van der Waals surface area contributed by atoms with Gasteiger partial charge in [-0.2, -0.15) is 0 Å². The molecule has 0 aliphatic rings. The molecular weight excluding hydrogens is 252 g/mol. The fourth-order valence-corrected chi connectivity index (χ4v) is 1.79. The van der Waals surface area contributed by atoms with Crippen molar-refractivity contribution in [1.29, 1.82) is 0 Å². The highest BCUT2D eigenvalue weighted by Crippen LogP contribution is 2.21.